The zero-order valence-electron chi connectivity index (χ0n) is 9.83. The summed E-state index contributed by atoms with van der Waals surface area (Å²) in [6.45, 7) is 1.28. The Labute approximate surface area is 111 Å². The molecule has 18 heavy (non-hydrogen) atoms. The van der Waals surface area contributed by atoms with Crippen molar-refractivity contribution in [3.05, 3.63) is 34.6 Å². The van der Waals surface area contributed by atoms with Crippen LogP contribution in [0.15, 0.2) is 18.2 Å². The van der Waals surface area contributed by atoms with E-state index >= 15 is 0 Å². The van der Waals surface area contributed by atoms with Crippen LogP contribution in [0.25, 0.3) is 0 Å². The van der Waals surface area contributed by atoms with Gasteiger partial charge in [-0.1, -0.05) is 17.7 Å². The molecule has 1 aliphatic rings. The SMILES string of the molecule is N#CC(NCC1CCCO1)c1c(F)cccc1Cl. The van der Waals surface area contributed by atoms with Crippen molar-refractivity contribution in [3.63, 3.8) is 0 Å². The first-order valence-corrected chi connectivity index (χ1v) is 6.28. The number of hydrogen-bond acceptors (Lipinski definition) is 3. The van der Waals surface area contributed by atoms with Crippen LogP contribution in [0.3, 0.4) is 0 Å². The lowest BCUT2D eigenvalue weighted by atomic mass is 10.1. The summed E-state index contributed by atoms with van der Waals surface area (Å²) in [4.78, 5) is 0. The summed E-state index contributed by atoms with van der Waals surface area (Å²) in [6, 6.07) is 5.70. The van der Waals surface area contributed by atoms with Crippen molar-refractivity contribution in [1.29, 1.82) is 5.26 Å². The predicted octanol–water partition coefficient (Wildman–Crippen LogP) is 2.81. The van der Waals surface area contributed by atoms with Gasteiger partial charge in [0.05, 0.1) is 12.2 Å². The Morgan fingerprint density at radius 1 is 1.61 bits per heavy atom. The molecule has 0 radical (unpaired) electrons. The summed E-state index contributed by atoms with van der Waals surface area (Å²) in [5, 5.41) is 12.4. The van der Waals surface area contributed by atoms with Crippen LogP contribution in [0.5, 0.6) is 0 Å². The van der Waals surface area contributed by atoms with E-state index in [1.54, 1.807) is 6.07 Å². The molecule has 1 saturated heterocycles. The second kappa shape index (κ2) is 6.14. The van der Waals surface area contributed by atoms with Gasteiger partial charge in [-0.05, 0) is 25.0 Å². The number of ether oxygens (including phenoxy) is 1. The topological polar surface area (TPSA) is 45.0 Å². The van der Waals surface area contributed by atoms with Gasteiger partial charge in [0.1, 0.15) is 11.9 Å². The monoisotopic (exact) mass is 268 g/mol. The Bertz CT molecular complexity index is 435. The summed E-state index contributed by atoms with van der Waals surface area (Å²) in [6.07, 6.45) is 2.10. The molecular formula is C13H14ClFN2O. The first-order valence-electron chi connectivity index (χ1n) is 5.91. The van der Waals surface area contributed by atoms with E-state index in [0.29, 0.717) is 6.54 Å². The number of halogens is 2. The highest BCUT2D eigenvalue weighted by Gasteiger charge is 2.21. The van der Waals surface area contributed by atoms with Gasteiger partial charge in [0, 0.05) is 23.7 Å². The highest BCUT2D eigenvalue weighted by atomic mass is 35.5. The molecule has 0 spiro atoms. The molecule has 0 amide bonds. The van der Waals surface area contributed by atoms with Gasteiger partial charge < -0.3 is 4.74 Å². The van der Waals surface area contributed by atoms with Crippen molar-refractivity contribution >= 4 is 11.6 Å². The number of benzene rings is 1. The number of nitriles is 1. The van der Waals surface area contributed by atoms with Crippen molar-refractivity contribution in [2.24, 2.45) is 0 Å². The second-order valence-corrected chi connectivity index (χ2v) is 4.65. The third-order valence-corrected chi connectivity index (χ3v) is 3.32. The van der Waals surface area contributed by atoms with Gasteiger partial charge in [-0.15, -0.1) is 0 Å². The summed E-state index contributed by atoms with van der Waals surface area (Å²) in [5.41, 5.74) is 0.208. The molecule has 2 unspecified atom stereocenters. The van der Waals surface area contributed by atoms with Crippen LogP contribution in [0, 0.1) is 17.1 Å². The minimum Gasteiger partial charge on any atom is -0.377 e. The number of rotatable bonds is 4. The molecule has 2 atom stereocenters. The van der Waals surface area contributed by atoms with E-state index < -0.39 is 11.9 Å². The summed E-state index contributed by atoms with van der Waals surface area (Å²) >= 11 is 5.94. The smallest absolute Gasteiger partial charge is 0.130 e. The Morgan fingerprint density at radius 3 is 3.06 bits per heavy atom. The van der Waals surface area contributed by atoms with Gasteiger partial charge in [0.15, 0.2) is 0 Å². The van der Waals surface area contributed by atoms with Crippen LogP contribution >= 0.6 is 11.6 Å². The van der Waals surface area contributed by atoms with E-state index in [1.807, 2.05) is 6.07 Å². The van der Waals surface area contributed by atoms with Crippen LogP contribution in [0.4, 0.5) is 4.39 Å². The lowest BCUT2D eigenvalue weighted by Gasteiger charge is -2.16. The average Bonchev–Trinajstić information content (AvgIpc) is 2.86. The van der Waals surface area contributed by atoms with Crippen LogP contribution in [-0.4, -0.2) is 19.3 Å². The summed E-state index contributed by atoms with van der Waals surface area (Å²) in [5.74, 6) is -0.464. The quantitative estimate of drug-likeness (QED) is 0.913. The molecule has 1 aliphatic heterocycles. The van der Waals surface area contributed by atoms with Crippen LogP contribution in [0.2, 0.25) is 5.02 Å². The maximum absolute atomic E-state index is 13.7. The zero-order valence-corrected chi connectivity index (χ0v) is 10.6. The van der Waals surface area contributed by atoms with Crippen LogP contribution in [0.1, 0.15) is 24.4 Å². The molecule has 1 heterocycles. The number of hydrogen-bond donors (Lipinski definition) is 1. The highest BCUT2D eigenvalue weighted by Crippen LogP contribution is 2.25. The molecule has 0 aromatic heterocycles. The molecule has 3 nitrogen and oxygen atoms in total. The minimum absolute atomic E-state index is 0.103. The van der Waals surface area contributed by atoms with Gasteiger partial charge in [-0.3, -0.25) is 5.32 Å². The normalized spacial score (nSPS) is 20.6. The lowest BCUT2D eigenvalue weighted by molar-refractivity contribution is 0.109. The summed E-state index contributed by atoms with van der Waals surface area (Å²) in [7, 11) is 0. The third-order valence-electron chi connectivity index (χ3n) is 2.99. The zero-order chi connectivity index (χ0) is 13.0. The van der Waals surface area contributed by atoms with Gasteiger partial charge in [-0.25, -0.2) is 4.39 Å². The lowest BCUT2D eigenvalue weighted by Crippen LogP contribution is -2.30. The molecule has 0 aliphatic carbocycles. The van der Waals surface area contributed by atoms with Gasteiger partial charge in [-0.2, -0.15) is 5.26 Å². The highest BCUT2D eigenvalue weighted by molar-refractivity contribution is 6.31. The third kappa shape index (κ3) is 2.99. The fraction of sp³-hybridized carbons (Fsp3) is 0.462. The molecular weight excluding hydrogens is 255 g/mol. The van der Waals surface area contributed by atoms with Crippen molar-refractivity contribution in [3.8, 4) is 6.07 Å². The first-order chi connectivity index (χ1) is 8.72. The fourth-order valence-corrected chi connectivity index (χ4v) is 2.33. The van der Waals surface area contributed by atoms with E-state index in [9.17, 15) is 4.39 Å². The molecule has 5 heteroatoms. The van der Waals surface area contributed by atoms with Crippen LogP contribution in [-0.2, 0) is 4.74 Å². The molecule has 1 fully saturated rings. The standard InChI is InChI=1S/C13H14ClFN2O/c14-10-4-1-5-11(15)13(10)12(7-16)17-8-9-3-2-6-18-9/h1,4-5,9,12,17H,2-3,6,8H2. The molecule has 96 valence electrons. The molecule has 2 rings (SSSR count). The maximum Gasteiger partial charge on any atom is 0.130 e. The van der Waals surface area contributed by atoms with E-state index in [-0.39, 0.29) is 16.7 Å². The average molecular weight is 269 g/mol. The largest absolute Gasteiger partial charge is 0.377 e. The number of nitrogens with one attached hydrogen (secondary N) is 1. The molecule has 1 aromatic carbocycles. The molecule has 0 bridgehead atoms. The summed E-state index contributed by atoms with van der Waals surface area (Å²) < 4.78 is 19.1. The molecule has 0 saturated carbocycles. The van der Waals surface area contributed by atoms with Crippen molar-refractivity contribution < 1.29 is 9.13 Å². The second-order valence-electron chi connectivity index (χ2n) is 4.24. The van der Waals surface area contributed by atoms with Crippen LogP contribution < -0.4 is 5.32 Å². The Kier molecular flexibility index (Phi) is 4.54. The van der Waals surface area contributed by atoms with E-state index in [4.69, 9.17) is 21.6 Å². The van der Waals surface area contributed by atoms with Crippen molar-refractivity contribution in [2.75, 3.05) is 13.2 Å². The van der Waals surface area contributed by atoms with Gasteiger partial charge in [0.25, 0.3) is 0 Å². The molecule has 1 N–H and O–H groups in total. The Balaban J connectivity index is 2.06. The van der Waals surface area contributed by atoms with Gasteiger partial charge in [0.2, 0.25) is 0 Å². The Morgan fingerprint density at radius 2 is 2.44 bits per heavy atom. The predicted molar refractivity (Wildman–Crippen MR) is 66.7 cm³/mol. The van der Waals surface area contributed by atoms with E-state index in [1.165, 1.54) is 12.1 Å². The van der Waals surface area contributed by atoms with E-state index in [0.717, 1.165) is 19.4 Å². The first kappa shape index (κ1) is 13.3. The van der Waals surface area contributed by atoms with Gasteiger partial charge >= 0.3 is 0 Å². The fourth-order valence-electron chi connectivity index (χ4n) is 2.05. The Hall–Kier alpha value is -1.15. The number of nitrogens with zero attached hydrogens (tertiary/aromatic N) is 1. The van der Waals surface area contributed by atoms with Crippen molar-refractivity contribution in [1.82, 2.24) is 5.32 Å². The van der Waals surface area contributed by atoms with E-state index in [2.05, 4.69) is 5.32 Å². The van der Waals surface area contributed by atoms with Crippen molar-refractivity contribution in [2.45, 2.75) is 25.0 Å². The minimum atomic E-state index is -0.747. The maximum atomic E-state index is 13.7. The molecule has 1 aromatic rings.